The van der Waals surface area contributed by atoms with Crippen LogP contribution < -0.4 is 5.43 Å². The summed E-state index contributed by atoms with van der Waals surface area (Å²) in [5.74, 6) is -2.05. The van der Waals surface area contributed by atoms with Gasteiger partial charge in [0, 0.05) is 5.02 Å². The molecule has 118 valence electrons. The molecule has 1 atom stereocenters. The lowest BCUT2D eigenvalue weighted by molar-refractivity contribution is -0.141. The van der Waals surface area contributed by atoms with Crippen LogP contribution in [0, 0.1) is 0 Å². The number of halogens is 4. The molecule has 0 aliphatic carbocycles. The first-order chi connectivity index (χ1) is 10.9. The van der Waals surface area contributed by atoms with E-state index in [0.717, 1.165) is 6.26 Å². The second kappa shape index (κ2) is 5.74. The van der Waals surface area contributed by atoms with Gasteiger partial charge in [-0.25, -0.2) is 0 Å². The average molecular weight is 339 g/mol. The van der Waals surface area contributed by atoms with Crippen molar-refractivity contribution in [2.24, 2.45) is 0 Å². The Morgan fingerprint density at radius 1 is 1.04 bits per heavy atom. The Hall–Kier alpha value is -2.27. The molecule has 0 saturated carbocycles. The molecule has 2 aromatic carbocycles. The zero-order chi connectivity index (χ0) is 16.6. The molecule has 0 fully saturated rings. The Morgan fingerprint density at radius 3 is 2.39 bits per heavy atom. The molecule has 3 aromatic rings. The third kappa shape index (κ3) is 2.97. The van der Waals surface area contributed by atoms with E-state index in [4.69, 9.17) is 16.0 Å². The summed E-state index contributed by atoms with van der Waals surface area (Å²) in [5, 5.41) is 0.283. The quantitative estimate of drug-likeness (QED) is 0.647. The monoisotopic (exact) mass is 338 g/mol. The van der Waals surface area contributed by atoms with E-state index in [2.05, 4.69) is 0 Å². The van der Waals surface area contributed by atoms with Crippen LogP contribution >= 0.6 is 11.6 Å². The van der Waals surface area contributed by atoms with E-state index in [9.17, 15) is 18.0 Å². The topological polar surface area (TPSA) is 30.2 Å². The van der Waals surface area contributed by atoms with Gasteiger partial charge in [0.25, 0.3) is 0 Å². The summed E-state index contributed by atoms with van der Waals surface area (Å²) in [6.45, 7) is 0. The van der Waals surface area contributed by atoms with E-state index in [1.807, 2.05) is 0 Å². The molecule has 0 N–H and O–H groups in total. The van der Waals surface area contributed by atoms with Crippen LogP contribution in [0.15, 0.2) is 64.0 Å². The highest BCUT2D eigenvalue weighted by molar-refractivity contribution is 6.31. The minimum absolute atomic E-state index is 0.0197. The molecule has 1 heterocycles. The van der Waals surface area contributed by atoms with Crippen molar-refractivity contribution < 1.29 is 17.6 Å². The Kier molecular flexibility index (Phi) is 3.90. The van der Waals surface area contributed by atoms with Gasteiger partial charge in [-0.2, -0.15) is 13.2 Å². The van der Waals surface area contributed by atoms with E-state index in [1.54, 1.807) is 6.07 Å². The summed E-state index contributed by atoms with van der Waals surface area (Å²) >= 11 is 5.83. The second-order valence-electron chi connectivity index (χ2n) is 5.05. The van der Waals surface area contributed by atoms with Crippen LogP contribution in [0.3, 0.4) is 0 Å². The van der Waals surface area contributed by atoms with Crippen molar-refractivity contribution in [1.82, 2.24) is 0 Å². The number of rotatable bonds is 2. The third-order valence-electron chi connectivity index (χ3n) is 3.53. The van der Waals surface area contributed by atoms with Crippen molar-refractivity contribution in [3.63, 3.8) is 0 Å². The lowest BCUT2D eigenvalue weighted by Crippen LogP contribution is -2.27. The van der Waals surface area contributed by atoms with Crippen molar-refractivity contribution in [3.8, 4) is 0 Å². The first kappa shape index (κ1) is 15.6. The predicted molar refractivity (Wildman–Crippen MR) is 81.8 cm³/mol. The summed E-state index contributed by atoms with van der Waals surface area (Å²) in [5.41, 5.74) is -1.02. The molecule has 0 amide bonds. The summed E-state index contributed by atoms with van der Waals surface area (Å²) < 4.78 is 45.9. The normalized spacial score (nSPS) is 13.2. The van der Waals surface area contributed by atoms with Crippen molar-refractivity contribution >= 4 is 22.6 Å². The standard InChI is InChI=1S/C17H10ClF3O2/c18-11-6-7-14-12(8-11)16(22)13(9-23-14)15(17(19,20)21)10-4-2-1-3-5-10/h1-9,15H. The van der Waals surface area contributed by atoms with Crippen molar-refractivity contribution in [1.29, 1.82) is 0 Å². The molecular formula is C17H10ClF3O2. The van der Waals surface area contributed by atoms with Gasteiger partial charge in [0.2, 0.25) is 0 Å². The fraction of sp³-hybridized carbons (Fsp3) is 0.118. The van der Waals surface area contributed by atoms with E-state index in [-0.39, 0.29) is 21.6 Å². The minimum atomic E-state index is -4.62. The first-order valence-corrected chi connectivity index (χ1v) is 7.08. The highest BCUT2D eigenvalue weighted by atomic mass is 35.5. The summed E-state index contributed by atoms with van der Waals surface area (Å²) in [4.78, 5) is 12.5. The largest absolute Gasteiger partial charge is 0.464 e. The maximum absolute atomic E-state index is 13.5. The second-order valence-corrected chi connectivity index (χ2v) is 5.48. The Bertz CT molecular complexity index is 901. The molecule has 0 bridgehead atoms. The van der Waals surface area contributed by atoms with Gasteiger partial charge in [-0.15, -0.1) is 0 Å². The first-order valence-electron chi connectivity index (χ1n) is 6.70. The lowest BCUT2D eigenvalue weighted by Gasteiger charge is -2.20. The summed E-state index contributed by atoms with van der Waals surface area (Å²) in [6.07, 6.45) is -3.74. The SMILES string of the molecule is O=c1c(C(c2ccccc2)C(F)(F)F)coc2ccc(Cl)cc12. The van der Waals surface area contributed by atoms with E-state index >= 15 is 0 Å². The van der Waals surface area contributed by atoms with Crippen molar-refractivity contribution in [2.45, 2.75) is 12.1 Å². The Labute approximate surface area is 134 Å². The van der Waals surface area contributed by atoms with Gasteiger partial charge in [0.15, 0.2) is 5.43 Å². The fourth-order valence-corrected chi connectivity index (χ4v) is 2.68. The van der Waals surface area contributed by atoms with Crippen molar-refractivity contribution in [3.05, 3.63) is 81.2 Å². The van der Waals surface area contributed by atoms with Gasteiger partial charge < -0.3 is 4.42 Å². The van der Waals surface area contributed by atoms with E-state index < -0.39 is 23.1 Å². The van der Waals surface area contributed by atoms with Gasteiger partial charge in [-0.05, 0) is 23.8 Å². The van der Waals surface area contributed by atoms with Crippen LogP contribution in [0.4, 0.5) is 13.2 Å². The number of fused-ring (bicyclic) bond motifs is 1. The molecule has 2 nitrogen and oxygen atoms in total. The highest BCUT2D eigenvalue weighted by Gasteiger charge is 2.43. The molecule has 3 rings (SSSR count). The molecule has 0 saturated heterocycles. The zero-order valence-electron chi connectivity index (χ0n) is 11.6. The fourth-order valence-electron chi connectivity index (χ4n) is 2.51. The van der Waals surface area contributed by atoms with Gasteiger partial charge >= 0.3 is 6.18 Å². The van der Waals surface area contributed by atoms with Crippen LogP contribution in [0.25, 0.3) is 11.0 Å². The van der Waals surface area contributed by atoms with Gasteiger partial charge in [0.05, 0.1) is 17.2 Å². The van der Waals surface area contributed by atoms with E-state index in [0.29, 0.717) is 0 Å². The maximum Gasteiger partial charge on any atom is 0.399 e. The zero-order valence-corrected chi connectivity index (χ0v) is 12.4. The molecule has 0 aliphatic heterocycles. The Balaban J connectivity index is 2.27. The van der Waals surface area contributed by atoms with Crippen LogP contribution in [0.1, 0.15) is 17.0 Å². The molecule has 23 heavy (non-hydrogen) atoms. The average Bonchev–Trinajstić information content (AvgIpc) is 2.50. The lowest BCUT2D eigenvalue weighted by atomic mass is 9.91. The molecule has 1 unspecified atom stereocenters. The van der Waals surface area contributed by atoms with Crippen LogP contribution in [-0.4, -0.2) is 6.18 Å². The summed E-state index contributed by atoms with van der Waals surface area (Å²) in [7, 11) is 0. The molecule has 0 spiro atoms. The molecule has 0 radical (unpaired) electrons. The number of alkyl halides is 3. The number of hydrogen-bond donors (Lipinski definition) is 0. The third-order valence-corrected chi connectivity index (χ3v) is 3.77. The molecule has 0 aliphatic rings. The van der Waals surface area contributed by atoms with Crippen LogP contribution in [-0.2, 0) is 0 Å². The smallest absolute Gasteiger partial charge is 0.399 e. The number of hydrogen-bond acceptors (Lipinski definition) is 2. The molecule has 6 heteroatoms. The van der Waals surface area contributed by atoms with Crippen LogP contribution in [0.2, 0.25) is 5.02 Å². The highest BCUT2D eigenvalue weighted by Crippen LogP contribution is 2.39. The minimum Gasteiger partial charge on any atom is -0.464 e. The van der Waals surface area contributed by atoms with E-state index in [1.165, 1.54) is 42.5 Å². The van der Waals surface area contributed by atoms with Crippen LogP contribution in [0.5, 0.6) is 0 Å². The molecule has 1 aromatic heterocycles. The van der Waals surface area contributed by atoms with Gasteiger partial charge in [0.1, 0.15) is 11.5 Å². The summed E-state index contributed by atoms with van der Waals surface area (Å²) in [6, 6.07) is 11.5. The van der Waals surface area contributed by atoms with Crippen molar-refractivity contribution in [2.75, 3.05) is 0 Å². The molecular weight excluding hydrogens is 329 g/mol. The Morgan fingerprint density at radius 2 is 1.74 bits per heavy atom. The van der Waals surface area contributed by atoms with Gasteiger partial charge in [-0.3, -0.25) is 4.79 Å². The van der Waals surface area contributed by atoms with Gasteiger partial charge in [-0.1, -0.05) is 41.9 Å². The maximum atomic E-state index is 13.5. The predicted octanol–water partition coefficient (Wildman–Crippen LogP) is 5.14. The number of benzene rings is 2.